The summed E-state index contributed by atoms with van der Waals surface area (Å²) in [6, 6.07) is 0. The molecule has 3 rings (SSSR count). The smallest absolute Gasteiger partial charge is 0.155 e. The highest BCUT2D eigenvalue weighted by atomic mass is 16.3. The summed E-state index contributed by atoms with van der Waals surface area (Å²) in [4.78, 5) is 11.4. The third kappa shape index (κ3) is 2.20. The Morgan fingerprint density at radius 1 is 1.12 bits per heavy atom. The van der Waals surface area contributed by atoms with Gasteiger partial charge in [-0.05, 0) is 62.4 Å². The van der Waals surface area contributed by atoms with Crippen molar-refractivity contribution in [1.82, 2.24) is 0 Å². The van der Waals surface area contributed by atoms with Crippen LogP contribution in [0.15, 0.2) is 11.6 Å². The molecule has 0 amide bonds. The van der Waals surface area contributed by atoms with Gasteiger partial charge < -0.3 is 5.11 Å². The van der Waals surface area contributed by atoms with Crippen LogP contribution in [0.25, 0.3) is 0 Å². The van der Waals surface area contributed by atoms with Crippen LogP contribution in [0.3, 0.4) is 0 Å². The number of carbonyl (C=O) groups excluding carboxylic acids is 1. The maximum atomic E-state index is 11.4. The Bertz CT molecular complexity index is 345. The van der Waals surface area contributed by atoms with Crippen molar-refractivity contribution in [1.29, 1.82) is 0 Å². The minimum atomic E-state index is -0.0456. The molecule has 2 heteroatoms. The van der Waals surface area contributed by atoms with E-state index in [1.807, 2.05) is 6.08 Å². The molecule has 0 aromatic heterocycles. The molecule has 94 valence electrons. The van der Waals surface area contributed by atoms with Crippen LogP contribution in [0.5, 0.6) is 0 Å². The lowest BCUT2D eigenvalue weighted by Gasteiger charge is -2.37. The van der Waals surface area contributed by atoms with Crippen LogP contribution in [0.1, 0.15) is 51.4 Å². The van der Waals surface area contributed by atoms with Gasteiger partial charge in [0.2, 0.25) is 0 Å². The van der Waals surface area contributed by atoms with E-state index in [0.717, 1.165) is 25.7 Å². The molecule has 4 atom stereocenters. The first-order valence-corrected chi connectivity index (χ1v) is 7.15. The second kappa shape index (κ2) is 4.56. The van der Waals surface area contributed by atoms with Gasteiger partial charge in [-0.2, -0.15) is 0 Å². The van der Waals surface area contributed by atoms with Gasteiger partial charge in [-0.15, -0.1) is 0 Å². The van der Waals surface area contributed by atoms with Crippen molar-refractivity contribution < 1.29 is 9.90 Å². The van der Waals surface area contributed by atoms with Crippen LogP contribution in [0.4, 0.5) is 0 Å². The fourth-order valence-electron chi connectivity index (χ4n) is 4.19. The molecular formula is C15H22O2. The van der Waals surface area contributed by atoms with Gasteiger partial charge >= 0.3 is 0 Å². The molecule has 3 aliphatic rings. The fraction of sp³-hybridized carbons (Fsp3) is 0.800. The highest BCUT2D eigenvalue weighted by molar-refractivity contribution is 5.91. The van der Waals surface area contributed by atoms with Crippen molar-refractivity contribution in [3.05, 3.63) is 11.6 Å². The van der Waals surface area contributed by atoms with Crippen molar-refractivity contribution in [3.63, 3.8) is 0 Å². The van der Waals surface area contributed by atoms with E-state index in [1.165, 1.54) is 31.3 Å². The molecule has 0 radical (unpaired) electrons. The maximum Gasteiger partial charge on any atom is 0.155 e. The summed E-state index contributed by atoms with van der Waals surface area (Å²) in [6.07, 6.45) is 10.6. The molecular weight excluding hydrogens is 212 g/mol. The zero-order valence-corrected chi connectivity index (χ0v) is 10.4. The number of rotatable bonds is 1. The molecule has 0 aromatic carbocycles. The van der Waals surface area contributed by atoms with Crippen molar-refractivity contribution >= 4 is 5.78 Å². The Labute approximate surface area is 103 Å². The number of aliphatic hydroxyl groups excluding tert-OH is 1. The van der Waals surface area contributed by atoms with Crippen LogP contribution < -0.4 is 0 Å². The Kier molecular flexibility index (Phi) is 3.08. The van der Waals surface area contributed by atoms with E-state index in [9.17, 15) is 9.90 Å². The van der Waals surface area contributed by atoms with E-state index >= 15 is 0 Å². The van der Waals surface area contributed by atoms with E-state index in [2.05, 4.69) is 0 Å². The van der Waals surface area contributed by atoms with Gasteiger partial charge in [0.05, 0.1) is 6.10 Å². The third-order valence-electron chi connectivity index (χ3n) is 5.14. The first kappa shape index (κ1) is 11.5. The Morgan fingerprint density at radius 3 is 2.76 bits per heavy atom. The van der Waals surface area contributed by atoms with Crippen LogP contribution in [-0.2, 0) is 4.79 Å². The van der Waals surface area contributed by atoms with E-state index in [0.29, 0.717) is 23.5 Å². The fourth-order valence-corrected chi connectivity index (χ4v) is 4.19. The molecule has 17 heavy (non-hydrogen) atoms. The second-order valence-electron chi connectivity index (χ2n) is 6.12. The number of fused-ring (bicyclic) bond motifs is 1. The molecule has 0 saturated heterocycles. The van der Waals surface area contributed by atoms with Gasteiger partial charge in [0.1, 0.15) is 0 Å². The number of aliphatic hydroxyl groups is 1. The van der Waals surface area contributed by atoms with Gasteiger partial charge in [0.15, 0.2) is 5.78 Å². The summed E-state index contributed by atoms with van der Waals surface area (Å²) < 4.78 is 0. The summed E-state index contributed by atoms with van der Waals surface area (Å²) in [5, 5.41) is 10.0. The third-order valence-corrected chi connectivity index (χ3v) is 5.14. The number of hydrogen-bond acceptors (Lipinski definition) is 2. The van der Waals surface area contributed by atoms with Crippen LogP contribution >= 0.6 is 0 Å². The number of hydrogen-bond donors (Lipinski definition) is 1. The molecule has 2 fully saturated rings. The lowest BCUT2D eigenvalue weighted by Crippen LogP contribution is -2.30. The first-order chi connectivity index (χ1) is 8.24. The zero-order chi connectivity index (χ0) is 11.8. The summed E-state index contributed by atoms with van der Waals surface area (Å²) in [7, 11) is 0. The van der Waals surface area contributed by atoms with Crippen LogP contribution in [0, 0.1) is 17.8 Å². The number of allylic oxidation sites excluding steroid dienone is 2. The predicted octanol–water partition coefficient (Wildman–Crippen LogP) is 2.85. The molecule has 1 N–H and O–H groups in total. The summed E-state index contributed by atoms with van der Waals surface area (Å²) in [5.74, 6) is 2.24. The molecule has 2 saturated carbocycles. The van der Waals surface area contributed by atoms with Crippen LogP contribution in [-0.4, -0.2) is 17.0 Å². The lowest BCUT2D eigenvalue weighted by atomic mass is 9.68. The zero-order valence-electron chi connectivity index (χ0n) is 10.4. The highest BCUT2D eigenvalue weighted by Crippen LogP contribution is 2.45. The predicted molar refractivity (Wildman–Crippen MR) is 66.5 cm³/mol. The maximum absolute atomic E-state index is 11.4. The average Bonchev–Trinajstić information content (AvgIpc) is 2.75. The first-order valence-electron chi connectivity index (χ1n) is 7.15. The molecule has 0 heterocycles. The highest BCUT2D eigenvalue weighted by Gasteiger charge is 2.37. The molecule has 0 aliphatic heterocycles. The quantitative estimate of drug-likeness (QED) is 0.757. The van der Waals surface area contributed by atoms with Crippen molar-refractivity contribution in [2.45, 2.75) is 57.5 Å². The monoisotopic (exact) mass is 234 g/mol. The number of ketones is 1. The lowest BCUT2D eigenvalue weighted by molar-refractivity contribution is -0.115. The van der Waals surface area contributed by atoms with E-state index in [1.54, 1.807) is 0 Å². The molecule has 0 bridgehead atoms. The SMILES string of the molecule is O=C1C=C2CC[C@H]([C@@H]3CCC[C@H]3O)C[C@@H]2CC1. The van der Waals surface area contributed by atoms with Crippen molar-refractivity contribution in [3.8, 4) is 0 Å². The van der Waals surface area contributed by atoms with Gasteiger partial charge in [0, 0.05) is 6.42 Å². The van der Waals surface area contributed by atoms with Crippen molar-refractivity contribution in [2.24, 2.45) is 17.8 Å². The molecule has 2 nitrogen and oxygen atoms in total. The van der Waals surface area contributed by atoms with E-state index in [4.69, 9.17) is 0 Å². The summed E-state index contributed by atoms with van der Waals surface area (Å²) in [6.45, 7) is 0. The van der Waals surface area contributed by atoms with Crippen molar-refractivity contribution in [2.75, 3.05) is 0 Å². The van der Waals surface area contributed by atoms with Gasteiger partial charge in [0.25, 0.3) is 0 Å². The van der Waals surface area contributed by atoms with E-state index < -0.39 is 0 Å². The minimum absolute atomic E-state index is 0.0456. The van der Waals surface area contributed by atoms with Gasteiger partial charge in [-0.1, -0.05) is 12.0 Å². The Hall–Kier alpha value is -0.630. The Morgan fingerprint density at radius 2 is 2.00 bits per heavy atom. The normalized spacial score (nSPS) is 42.2. The molecule has 0 aromatic rings. The van der Waals surface area contributed by atoms with E-state index in [-0.39, 0.29) is 6.10 Å². The minimum Gasteiger partial charge on any atom is -0.393 e. The van der Waals surface area contributed by atoms with Gasteiger partial charge in [-0.25, -0.2) is 0 Å². The largest absolute Gasteiger partial charge is 0.393 e. The Balaban J connectivity index is 1.68. The topological polar surface area (TPSA) is 37.3 Å². The summed E-state index contributed by atoms with van der Waals surface area (Å²) >= 11 is 0. The van der Waals surface area contributed by atoms with Crippen LogP contribution in [0.2, 0.25) is 0 Å². The molecule has 0 unspecified atom stereocenters. The summed E-state index contributed by atoms with van der Waals surface area (Å²) in [5.41, 5.74) is 1.41. The molecule has 3 aliphatic carbocycles. The van der Waals surface area contributed by atoms with Gasteiger partial charge in [-0.3, -0.25) is 4.79 Å². The second-order valence-corrected chi connectivity index (χ2v) is 6.12. The number of carbonyl (C=O) groups is 1. The standard InChI is InChI=1S/C15H22O2/c16-13-7-6-10-8-12(5-4-11(10)9-13)14-2-1-3-15(14)17/h9-10,12,14-15,17H,1-8H2/t10-,12-,14-,15+/m0/s1. The molecule has 0 spiro atoms. The average molecular weight is 234 g/mol.